The van der Waals surface area contributed by atoms with Crippen LogP contribution in [0.4, 0.5) is 0 Å². The molecule has 96 valence electrons. The predicted octanol–water partition coefficient (Wildman–Crippen LogP) is 1.91. The number of aliphatic hydroxyl groups is 1. The van der Waals surface area contributed by atoms with Crippen molar-refractivity contribution < 1.29 is 9.84 Å². The fourth-order valence-electron chi connectivity index (χ4n) is 1.65. The molecule has 0 heterocycles. The summed E-state index contributed by atoms with van der Waals surface area (Å²) in [5, 5.41) is 8.70. The Morgan fingerprint density at radius 1 is 1.12 bits per heavy atom. The summed E-state index contributed by atoms with van der Waals surface area (Å²) in [7, 11) is 2.08. The molecule has 0 spiro atoms. The zero-order chi connectivity index (χ0) is 12.3. The number of hydrogen-bond acceptors (Lipinski definition) is 3. The molecule has 0 radical (unpaired) electrons. The lowest BCUT2D eigenvalue weighted by molar-refractivity contribution is 0.110. The molecular formula is C14H23NO2. The van der Waals surface area contributed by atoms with Crippen LogP contribution in [0.25, 0.3) is 0 Å². The molecule has 1 aromatic rings. The van der Waals surface area contributed by atoms with Crippen molar-refractivity contribution in [2.45, 2.75) is 19.4 Å². The molecule has 0 unspecified atom stereocenters. The first kappa shape index (κ1) is 14.2. The normalized spacial score (nSPS) is 11.0. The molecule has 3 heteroatoms. The average molecular weight is 237 g/mol. The van der Waals surface area contributed by atoms with E-state index in [1.165, 1.54) is 5.56 Å². The Morgan fingerprint density at radius 3 is 2.53 bits per heavy atom. The molecule has 0 saturated carbocycles. The van der Waals surface area contributed by atoms with Gasteiger partial charge in [-0.25, -0.2) is 0 Å². The van der Waals surface area contributed by atoms with E-state index in [9.17, 15) is 0 Å². The van der Waals surface area contributed by atoms with Gasteiger partial charge in [0.25, 0.3) is 0 Å². The van der Waals surface area contributed by atoms with E-state index < -0.39 is 0 Å². The number of hydrogen-bond donors (Lipinski definition) is 1. The summed E-state index contributed by atoms with van der Waals surface area (Å²) >= 11 is 0. The van der Waals surface area contributed by atoms with Gasteiger partial charge < -0.3 is 14.7 Å². The van der Waals surface area contributed by atoms with Crippen molar-refractivity contribution in [2.24, 2.45) is 0 Å². The maximum atomic E-state index is 8.70. The summed E-state index contributed by atoms with van der Waals surface area (Å²) in [4.78, 5) is 2.22. The largest absolute Gasteiger partial charge is 0.396 e. The number of ether oxygens (including phenoxy) is 1. The average Bonchev–Trinajstić information content (AvgIpc) is 2.37. The minimum absolute atomic E-state index is 0.273. The Morgan fingerprint density at radius 2 is 1.82 bits per heavy atom. The van der Waals surface area contributed by atoms with Crippen molar-refractivity contribution in [1.82, 2.24) is 4.90 Å². The van der Waals surface area contributed by atoms with Crippen LogP contribution >= 0.6 is 0 Å². The molecular weight excluding hydrogens is 214 g/mol. The van der Waals surface area contributed by atoms with Crippen LogP contribution in [0.1, 0.15) is 18.4 Å². The van der Waals surface area contributed by atoms with Gasteiger partial charge >= 0.3 is 0 Å². The van der Waals surface area contributed by atoms with Crippen LogP contribution in [0.2, 0.25) is 0 Å². The van der Waals surface area contributed by atoms with Crippen LogP contribution in [0, 0.1) is 0 Å². The van der Waals surface area contributed by atoms with Crippen molar-refractivity contribution in [3.05, 3.63) is 35.9 Å². The Hall–Kier alpha value is -0.900. The van der Waals surface area contributed by atoms with Gasteiger partial charge in [0.15, 0.2) is 0 Å². The summed E-state index contributed by atoms with van der Waals surface area (Å²) in [6.07, 6.45) is 1.89. The van der Waals surface area contributed by atoms with Gasteiger partial charge in [-0.05, 0) is 25.5 Å². The summed E-state index contributed by atoms with van der Waals surface area (Å²) < 4.78 is 5.60. The minimum atomic E-state index is 0.273. The first-order chi connectivity index (χ1) is 8.33. The van der Waals surface area contributed by atoms with Crippen LogP contribution in [0.15, 0.2) is 30.3 Å². The fourth-order valence-corrected chi connectivity index (χ4v) is 1.65. The third-order valence-corrected chi connectivity index (χ3v) is 2.64. The van der Waals surface area contributed by atoms with Gasteiger partial charge in [-0.1, -0.05) is 30.3 Å². The molecule has 0 saturated heterocycles. The van der Waals surface area contributed by atoms with Crippen molar-refractivity contribution >= 4 is 0 Å². The molecule has 0 atom stereocenters. The van der Waals surface area contributed by atoms with Gasteiger partial charge in [0.05, 0.1) is 6.61 Å². The molecule has 0 bridgehead atoms. The highest BCUT2D eigenvalue weighted by Crippen LogP contribution is 2.01. The fraction of sp³-hybridized carbons (Fsp3) is 0.571. The zero-order valence-electron chi connectivity index (χ0n) is 10.6. The smallest absolute Gasteiger partial charge is 0.0716 e. The lowest BCUT2D eigenvalue weighted by Crippen LogP contribution is -2.22. The highest BCUT2D eigenvalue weighted by Gasteiger charge is 1.97. The number of nitrogens with zero attached hydrogens (tertiary/aromatic N) is 1. The minimum Gasteiger partial charge on any atom is -0.396 e. The van der Waals surface area contributed by atoms with Crippen LogP contribution in [0.3, 0.4) is 0 Å². The standard InChI is InChI=1S/C14H23NO2/c1-15(9-5-11-16)10-6-12-17-13-14-7-3-2-4-8-14/h2-4,7-8,16H,5-6,9-13H2,1H3. The summed E-state index contributed by atoms with van der Waals surface area (Å²) in [6, 6.07) is 10.2. The molecule has 17 heavy (non-hydrogen) atoms. The highest BCUT2D eigenvalue weighted by molar-refractivity contribution is 5.13. The molecule has 0 aliphatic rings. The van der Waals surface area contributed by atoms with Crippen molar-refractivity contribution in [1.29, 1.82) is 0 Å². The Balaban J connectivity index is 1.97. The van der Waals surface area contributed by atoms with Gasteiger partial charge in [-0.15, -0.1) is 0 Å². The molecule has 0 aliphatic carbocycles. The van der Waals surface area contributed by atoms with Gasteiger partial charge in [-0.2, -0.15) is 0 Å². The Kier molecular flexibility index (Phi) is 7.63. The monoisotopic (exact) mass is 237 g/mol. The second-order valence-corrected chi connectivity index (χ2v) is 4.27. The maximum Gasteiger partial charge on any atom is 0.0716 e. The van der Waals surface area contributed by atoms with Gasteiger partial charge in [-0.3, -0.25) is 0 Å². The quantitative estimate of drug-likeness (QED) is 0.666. The predicted molar refractivity (Wildman–Crippen MR) is 69.9 cm³/mol. The second-order valence-electron chi connectivity index (χ2n) is 4.27. The first-order valence-electron chi connectivity index (χ1n) is 6.24. The van der Waals surface area contributed by atoms with E-state index in [4.69, 9.17) is 9.84 Å². The van der Waals surface area contributed by atoms with Gasteiger partial charge in [0.2, 0.25) is 0 Å². The lowest BCUT2D eigenvalue weighted by atomic mass is 10.2. The molecule has 0 amide bonds. The Labute approximate surface area is 104 Å². The summed E-state index contributed by atoms with van der Waals surface area (Å²) in [6.45, 7) is 3.73. The first-order valence-corrected chi connectivity index (χ1v) is 6.24. The Bertz CT molecular complexity index is 277. The van der Waals surface area contributed by atoms with Crippen LogP contribution in [-0.4, -0.2) is 43.4 Å². The van der Waals surface area contributed by atoms with E-state index in [1.807, 2.05) is 18.2 Å². The van der Waals surface area contributed by atoms with Crippen molar-refractivity contribution in [3.63, 3.8) is 0 Å². The van der Waals surface area contributed by atoms with E-state index in [0.717, 1.165) is 32.5 Å². The van der Waals surface area contributed by atoms with E-state index >= 15 is 0 Å². The second kappa shape index (κ2) is 9.16. The molecule has 3 nitrogen and oxygen atoms in total. The molecule has 0 aliphatic heterocycles. The van der Waals surface area contributed by atoms with E-state index in [-0.39, 0.29) is 6.61 Å². The third-order valence-electron chi connectivity index (χ3n) is 2.64. The van der Waals surface area contributed by atoms with E-state index in [1.54, 1.807) is 0 Å². The number of benzene rings is 1. The van der Waals surface area contributed by atoms with Crippen molar-refractivity contribution in [2.75, 3.05) is 33.4 Å². The molecule has 0 fully saturated rings. The number of rotatable bonds is 9. The van der Waals surface area contributed by atoms with Crippen LogP contribution in [-0.2, 0) is 11.3 Å². The summed E-state index contributed by atoms with van der Waals surface area (Å²) in [5.41, 5.74) is 1.22. The molecule has 1 N–H and O–H groups in total. The van der Waals surface area contributed by atoms with Gasteiger partial charge in [0, 0.05) is 26.3 Å². The molecule has 0 aromatic heterocycles. The number of aliphatic hydroxyl groups excluding tert-OH is 1. The van der Waals surface area contributed by atoms with Crippen molar-refractivity contribution in [3.8, 4) is 0 Å². The zero-order valence-corrected chi connectivity index (χ0v) is 10.6. The van der Waals surface area contributed by atoms with Gasteiger partial charge in [0.1, 0.15) is 0 Å². The third kappa shape index (κ3) is 7.10. The van der Waals surface area contributed by atoms with E-state index in [0.29, 0.717) is 6.61 Å². The van der Waals surface area contributed by atoms with Crippen LogP contribution in [0.5, 0.6) is 0 Å². The maximum absolute atomic E-state index is 8.70. The van der Waals surface area contributed by atoms with E-state index in [2.05, 4.69) is 24.1 Å². The highest BCUT2D eigenvalue weighted by atomic mass is 16.5. The lowest BCUT2D eigenvalue weighted by Gasteiger charge is -2.15. The SMILES string of the molecule is CN(CCCO)CCCOCc1ccccc1. The van der Waals surface area contributed by atoms with Crippen LogP contribution < -0.4 is 0 Å². The topological polar surface area (TPSA) is 32.7 Å². The molecule has 1 rings (SSSR count). The molecule has 1 aromatic carbocycles. The summed E-state index contributed by atoms with van der Waals surface area (Å²) in [5.74, 6) is 0.